The van der Waals surface area contributed by atoms with Crippen LogP contribution in [0, 0.1) is 0 Å². The summed E-state index contributed by atoms with van der Waals surface area (Å²) in [5, 5.41) is 9.60. The van der Waals surface area contributed by atoms with Crippen molar-refractivity contribution in [3.05, 3.63) is 22.7 Å². The highest BCUT2D eigenvalue weighted by atomic mass is 35.5. The van der Waals surface area contributed by atoms with Gasteiger partial charge in [-0.15, -0.1) is 0 Å². The quantitative estimate of drug-likeness (QED) is 0.808. The van der Waals surface area contributed by atoms with Crippen LogP contribution in [-0.2, 0) is 11.2 Å². The number of halogens is 1. The number of hydrogen-bond acceptors (Lipinski definition) is 4. The van der Waals surface area contributed by atoms with E-state index >= 15 is 0 Å². The first kappa shape index (κ1) is 16.6. The third kappa shape index (κ3) is 4.28. The van der Waals surface area contributed by atoms with Crippen molar-refractivity contribution >= 4 is 17.6 Å². The molecule has 0 aromatic heterocycles. The van der Waals surface area contributed by atoms with E-state index in [1.807, 2.05) is 6.92 Å². The average Bonchev–Trinajstić information content (AvgIpc) is 2.35. The van der Waals surface area contributed by atoms with Crippen LogP contribution in [0.1, 0.15) is 25.8 Å². The minimum atomic E-state index is -1.02. The molecule has 0 aliphatic carbocycles. The van der Waals surface area contributed by atoms with Crippen molar-refractivity contribution in [2.24, 2.45) is 5.73 Å². The number of carbonyl (C=O) groups is 1. The second-order valence-electron chi connectivity index (χ2n) is 4.63. The van der Waals surface area contributed by atoms with Gasteiger partial charge in [0.25, 0.3) is 0 Å². The molecule has 0 aliphatic heterocycles. The standard InChI is InChI=1S/C14H20ClNO4/c1-4-11(14(17)18)20-13-9(5-8(2)16)6-10(15)7-12(13)19-3/h6-8,11H,4-5,16H2,1-3H3,(H,17,18). The fraction of sp³-hybridized carbons (Fsp3) is 0.500. The van der Waals surface area contributed by atoms with Gasteiger partial charge in [0.2, 0.25) is 0 Å². The molecule has 20 heavy (non-hydrogen) atoms. The number of carboxylic acids is 1. The van der Waals surface area contributed by atoms with E-state index in [4.69, 9.17) is 31.9 Å². The van der Waals surface area contributed by atoms with Gasteiger partial charge >= 0.3 is 5.97 Å². The molecule has 0 saturated carbocycles. The third-order valence-electron chi connectivity index (χ3n) is 2.76. The zero-order valence-electron chi connectivity index (χ0n) is 11.9. The van der Waals surface area contributed by atoms with Gasteiger partial charge in [-0.25, -0.2) is 4.79 Å². The Morgan fingerprint density at radius 1 is 1.50 bits per heavy atom. The van der Waals surface area contributed by atoms with Gasteiger partial charge in [0.1, 0.15) is 0 Å². The first-order valence-electron chi connectivity index (χ1n) is 6.40. The average molecular weight is 302 g/mol. The molecule has 0 bridgehead atoms. The second-order valence-corrected chi connectivity index (χ2v) is 5.07. The Hall–Kier alpha value is -1.46. The van der Waals surface area contributed by atoms with Gasteiger partial charge in [0.05, 0.1) is 7.11 Å². The van der Waals surface area contributed by atoms with Crippen LogP contribution in [0.15, 0.2) is 12.1 Å². The van der Waals surface area contributed by atoms with Crippen molar-refractivity contribution in [2.75, 3.05) is 7.11 Å². The molecule has 0 aliphatic rings. The topological polar surface area (TPSA) is 81.8 Å². The number of methoxy groups -OCH3 is 1. The summed E-state index contributed by atoms with van der Waals surface area (Å²) < 4.78 is 10.8. The summed E-state index contributed by atoms with van der Waals surface area (Å²) in [7, 11) is 1.48. The summed E-state index contributed by atoms with van der Waals surface area (Å²) in [5.41, 5.74) is 6.54. The molecule has 0 spiro atoms. The maximum atomic E-state index is 11.1. The van der Waals surface area contributed by atoms with Gasteiger partial charge < -0.3 is 20.3 Å². The number of aliphatic carboxylic acids is 1. The van der Waals surface area contributed by atoms with Gasteiger partial charge in [-0.1, -0.05) is 18.5 Å². The van der Waals surface area contributed by atoms with Gasteiger partial charge in [-0.2, -0.15) is 0 Å². The summed E-state index contributed by atoms with van der Waals surface area (Å²) in [6.07, 6.45) is -0.0713. The van der Waals surface area contributed by atoms with Crippen molar-refractivity contribution in [3.8, 4) is 11.5 Å². The van der Waals surface area contributed by atoms with E-state index in [1.165, 1.54) is 7.11 Å². The van der Waals surface area contributed by atoms with Gasteiger partial charge in [-0.05, 0) is 25.8 Å². The molecule has 112 valence electrons. The number of carboxylic acid groups (broad SMARTS) is 1. The van der Waals surface area contributed by atoms with Gasteiger partial charge in [-0.3, -0.25) is 0 Å². The molecule has 3 N–H and O–H groups in total. The Balaban J connectivity index is 3.21. The summed E-state index contributed by atoms with van der Waals surface area (Å²) >= 11 is 6.02. The summed E-state index contributed by atoms with van der Waals surface area (Å²) in [5.74, 6) is -0.215. The predicted molar refractivity (Wildman–Crippen MR) is 77.7 cm³/mol. The molecule has 0 fully saturated rings. The van der Waals surface area contributed by atoms with Crippen LogP contribution in [0.5, 0.6) is 11.5 Å². The molecule has 2 unspecified atom stereocenters. The van der Waals surface area contributed by atoms with Crippen LogP contribution in [0.3, 0.4) is 0 Å². The van der Waals surface area contributed by atoms with Crippen LogP contribution in [0.2, 0.25) is 5.02 Å². The molecule has 0 heterocycles. The Morgan fingerprint density at radius 3 is 2.60 bits per heavy atom. The molecule has 0 radical (unpaired) electrons. The SMILES string of the molecule is CCC(Oc1c(CC(C)N)cc(Cl)cc1OC)C(=O)O. The largest absolute Gasteiger partial charge is 0.493 e. The van der Waals surface area contributed by atoms with E-state index in [9.17, 15) is 4.79 Å². The molecular formula is C14H20ClNO4. The van der Waals surface area contributed by atoms with E-state index in [-0.39, 0.29) is 6.04 Å². The lowest BCUT2D eigenvalue weighted by molar-refractivity contribution is -0.145. The molecule has 6 heteroatoms. The van der Waals surface area contributed by atoms with Crippen LogP contribution in [0.25, 0.3) is 0 Å². The normalized spacial score (nSPS) is 13.7. The molecule has 1 aromatic carbocycles. The van der Waals surface area contributed by atoms with E-state index in [1.54, 1.807) is 19.1 Å². The lowest BCUT2D eigenvalue weighted by atomic mass is 10.1. The van der Waals surface area contributed by atoms with Crippen molar-refractivity contribution in [1.82, 2.24) is 0 Å². The predicted octanol–water partition coefficient (Wildman–Crippen LogP) is 2.48. The number of ether oxygens (including phenoxy) is 2. The fourth-order valence-corrected chi connectivity index (χ4v) is 2.09. The molecule has 1 aromatic rings. The van der Waals surface area contributed by atoms with Crippen LogP contribution in [0.4, 0.5) is 0 Å². The zero-order valence-corrected chi connectivity index (χ0v) is 12.6. The second kappa shape index (κ2) is 7.36. The number of hydrogen-bond donors (Lipinski definition) is 2. The lowest BCUT2D eigenvalue weighted by Crippen LogP contribution is -2.27. The van der Waals surface area contributed by atoms with Crippen molar-refractivity contribution in [2.45, 2.75) is 38.8 Å². The van der Waals surface area contributed by atoms with Crippen LogP contribution in [-0.4, -0.2) is 30.3 Å². The van der Waals surface area contributed by atoms with Crippen molar-refractivity contribution < 1.29 is 19.4 Å². The number of nitrogens with two attached hydrogens (primary N) is 1. The molecular weight excluding hydrogens is 282 g/mol. The van der Waals surface area contributed by atoms with Crippen LogP contribution < -0.4 is 15.2 Å². The first-order valence-corrected chi connectivity index (χ1v) is 6.78. The van der Waals surface area contributed by atoms with E-state index in [0.717, 1.165) is 5.56 Å². The van der Waals surface area contributed by atoms with Gasteiger partial charge in [0.15, 0.2) is 17.6 Å². The van der Waals surface area contributed by atoms with Crippen molar-refractivity contribution in [3.63, 3.8) is 0 Å². The molecule has 2 atom stereocenters. The Kier molecular flexibility index (Phi) is 6.10. The molecule has 1 rings (SSSR count). The van der Waals surface area contributed by atoms with Gasteiger partial charge in [0, 0.05) is 22.7 Å². The van der Waals surface area contributed by atoms with E-state index in [0.29, 0.717) is 29.4 Å². The highest BCUT2D eigenvalue weighted by Gasteiger charge is 2.22. The summed E-state index contributed by atoms with van der Waals surface area (Å²) in [4.78, 5) is 11.1. The number of benzene rings is 1. The molecule has 5 nitrogen and oxygen atoms in total. The lowest BCUT2D eigenvalue weighted by Gasteiger charge is -2.20. The van der Waals surface area contributed by atoms with Crippen molar-refractivity contribution in [1.29, 1.82) is 0 Å². The Morgan fingerprint density at radius 2 is 2.15 bits per heavy atom. The minimum Gasteiger partial charge on any atom is -0.493 e. The fourth-order valence-electron chi connectivity index (χ4n) is 1.86. The molecule has 0 amide bonds. The first-order chi connectivity index (χ1) is 9.38. The monoisotopic (exact) mass is 301 g/mol. The minimum absolute atomic E-state index is 0.106. The number of rotatable bonds is 7. The summed E-state index contributed by atoms with van der Waals surface area (Å²) in [6, 6.07) is 3.21. The zero-order chi connectivity index (χ0) is 15.3. The highest BCUT2D eigenvalue weighted by molar-refractivity contribution is 6.30. The third-order valence-corrected chi connectivity index (χ3v) is 2.98. The smallest absolute Gasteiger partial charge is 0.344 e. The molecule has 0 saturated heterocycles. The van der Waals surface area contributed by atoms with E-state index in [2.05, 4.69) is 0 Å². The van der Waals surface area contributed by atoms with E-state index < -0.39 is 12.1 Å². The maximum absolute atomic E-state index is 11.1. The van der Waals surface area contributed by atoms with Crippen LogP contribution >= 0.6 is 11.6 Å². The Labute approximate surface area is 123 Å². The maximum Gasteiger partial charge on any atom is 0.344 e. The summed E-state index contributed by atoms with van der Waals surface area (Å²) in [6.45, 7) is 3.60. The highest BCUT2D eigenvalue weighted by Crippen LogP contribution is 2.36. The Bertz CT molecular complexity index is 476.